The van der Waals surface area contributed by atoms with Crippen LogP contribution in [0.2, 0.25) is 0 Å². The Balaban J connectivity index is 4.45. The smallest absolute Gasteiger partial charge is 0.214 e. The van der Waals surface area contributed by atoms with Crippen molar-refractivity contribution < 1.29 is 8.42 Å². The summed E-state index contributed by atoms with van der Waals surface area (Å²) in [6.45, 7) is 7.18. The molecule has 5 heteroatoms. The number of rotatable bonds is 7. The maximum absolute atomic E-state index is 11.8. The molecule has 0 aliphatic heterocycles. The van der Waals surface area contributed by atoms with E-state index >= 15 is 0 Å². The number of hydrogen-bond acceptors (Lipinski definition) is 3. The topological polar surface area (TPSA) is 63.4 Å². The van der Waals surface area contributed by atoms with E-state index in [2.05, 4.69) is 0 Å². The first kappa shape index (κ1) is 13.9. The standard InChI is InChI=1S/C9H22N2O2S/c1-4-6-11(7-5-10)14(12,13)8-9(2)3/h9H,4-8,10H2,1-3H3. The second kappa shape index (κ2) is 6.37. The molecular formula is C9H22N2O2S. The molecular weight excluding hydrogens is 200 g/mol. The quantitative estimate of drug-likeness (QED) is 0.687. The zero-order valence-corrected chi connectivity index (χ0v) is 10.2. The van der Waals surface area contributed by atoms with Crippen molar-refractivity contribution in [3.63, 3.8) is 0 Å². The molecule has 0 bridgehead atoms. The van der Waals surface area contributed by atoms with Gasteiger partial charge >= 0.3 is 0 Å². The molecule has 0 aliphatic rings. The second-order valence-corrected chi connectivity index (χ2v) is 5.87. The first-order valence-electron chi connectivity index (χ1n) is 5.12. The molecule has 2 N–H and O–H groups in total. The van der Waals surface area contributed by atoms with Gasteiger partial charge in [-0.25, -0.2) is 12.7 Å². The molecule has 0 aromatic rings. The van der Waals surface area contributed by atoms with Crippen molar-refractivity contribution in [3.05, 3.63) is 0 Å². The Labute approximate surface area is 87.5 Å². The molecule has 14 heavy (non-hydrogen) atoms. The van der Waals surface area contributed by atoms with Gasteiger partial charge in [-0.05, 0) is 12.3 Å². The molecule has 4 nitrogen and oxygen atoms in total. The van der Waals surface area contributed by atoms with Crippen LogP contribution in [0.5, 0.6) is 0 Å². The molecule has 0 saturated heterocycles. The van der Waals surface area contributed by atoms with Crippen LogP contribution in [-0.4, -0.2) is 38.1 Å². The third-order valence-electron chi connectivity index (χ3n) is 1.79. The molecule has 0 radical (unpaired) electrons. The van der Waals surface area contributed by atoms with Gasteiger partial charge in [-0.15, -0.1) is 0 Å². The van der Waals surface area contributed by atoms with E-state index in [-0.39, 0.29) is 11.7 Å². The van der Waals surface area contributed by atoms with Crippen LogP contribution in [0.1, 0.15) is 27.2 Å². The van der Waals surface area contributed by atoms with E-state index in [9.17, 15) is 8.42 Å². The molecule has 0 rings (SSSR count). The predicted molar refractivity (Wildman–Crippen MR) is 59.5 cm³/mol. The van der Waals surface area contributed by atoms with Gasteiger partial charge in [-0.3, -0.25) is 0 Å². The molecule has 0 aromatic heterocycles. The third-order valence-corrected chi connectivity index (χ3v) is 4.03. The van der Waals surface area contributed by atoms with E-state index < -0.39 is 10.0 Å². The fourth-order valence-corrected chi connectivity index (χ4v) is 3.21. The van der Waals surface area contributed by atoms with Crippen LogP contribution < -0.4 is 5.73 Å². The highest BCUT2D eigenvalue weighted by Gasteiger charge is 2.21. The van der Waals surface area contributed by atoms with Crippen LogP contribution in [0, 0.1) is 5.92 Å². The van der Waals surface area contributed by atoms with E-state index in [1.807, 2.05) is 20.8 Å². The second-order valence-electron chi connectivity index (χ2n) is 3.86. The van der Waals surface area contributed by atoms with Gasteiger partial charge in [-0.2, -0.15) is 0 Å². The molecule has 0 spiro atoms. The highest BCUT2D eigenvalue weighted by Crippen LogP contribution is 2.07. The first-order chi connectivity index (χ1) is 6.44. The zero-order chi connectivity index (χ0) is 11.2. The Morgan fingerprint density at radius 1 is 1.29 bits per heavy atom. The highest BCUT2D eigenvalue weighted by atomic mass is 32.2. The number of hydrogen-bond donors (Lipinski definition) is 1. The monoisotopic (exact) mass is 222 g/mol. The molecule has 0 amide bonds. The lowest BCUT2D eigenvalue weighted by Gasteiger charge is -2.21. The van der Waals surface area contributed by atoms with Gasteiger partial charge in [0.1, 0.15) is 0 Å². The minimum atomic E-state index is -3.09. The lowest BCUT2D eigenvalue weighted by molar-refractivity contribution is 0.413. The van der Waals surface area contributed by atoms with Gasteiger partial charge < -0.3 is 5.73 Å². The predicted octanol–water partition coefficient (Wildman–Crippen LogP) is 0.643. The van der Waals surface area contributed by atoms with Crippen LogP contribution in [0.25, 0.3) is 0 Å². The van der Waals surface area contributed by atoms with Crippen molar-refractivity contribution in [2.75, 3.05) is 25.4 Å². The van der Waals surface area contributed by atoms with Crippen LogP contribution >= 0.6 is 0 Å². The number of sulfonamides is 1. The van der Waals surface area contributed by atoms with Crippen molar-refractivity contribution >= 4 is 10.0 Å². The Kier molecular flexibility index (Phi) is 6.31. The Hall–Kier alpha value is -0.130. The highest BCUT2D eigenvalue weighted by molar-refractivity contribution is 7.89. The average Bonchev–Trinajstić information content (AvgIpc) is 2.01. The lowest BCUT2D eigenvalue weighted by atomic mass is 10.3. The zero-order valence-electron chi connectivity index (χ0n) is 9.36. The molecule has 0 fully saturated rings. The lowest BCUT2D eigenvalue weighted by Crippen LogP contribution is -2.38. The van der Waals surface area contributed by atoms with Crippen LogP contribution in [0.4, 0.5) is 0 Å². The van der Waals surface area contributed by atoms with E-state index in [0.717, 1.165) is 6.42 Å². The van der Waals surface area contributed by atoms with E-state index in [0.29, 0.717) is 19.6 Å². The van der Waals surface area contributed by atoms with Crippen molar-refractivity contribution in [1.29, 1.82) is 0 Å². The minimum Gasteiger partial charge on any atom is -0.329 e. The summed E-state index contributed by atoms with van der Waals surface area (Å²) in [5.41, 5.74) is 5.38. The van der Waals surface area contributed by atoms with Gasteiger partial charge in [0.2, 0.25) is 10.0 Å². The minimum absolute atomic E-state index is 0.164. The van der Waals surface area contributed by atoms with Gasteiger partial charge in [0.15, 0.2) is 0 Å². The van der Waals surface area contributed by atoms with E-state index in [4.69, 9.17) is 5.73 Å². The Morgan fingerprint density at radius 3 is 2.21 bits per heavy atom. The molecule has 0 heterocycles. The molecule has 86 valence electrons. The van der Waals surface area contributed by atoms with Crippen molar-refractivity contribution in [2.45, 2.75) is 27.2 Å². The van der Waals surface area contributed by atoms with Crippen LogP contribution in [0.3, 0.4) is 0 Å². The summed E-state index contributed by atoms with van der Waals surface area (Å²) >= 11 is 0. The summed E-state index contributed by atoms with van der Waals surface area (Å²) in [5, 5.41) is 0. The molecule has 0 aromatic carbocycles. The summed E-state index contributed by atoms with van der Waals surface area (Å²) < 4.78 is 25.1. The summed E-state index contributed by atoms with van der Waals surface area (Å²) in [5.74, 6) is 0.379. The van der Waals surface area contributed by atoms with Crippen LogP contribution in [-0.2, 0) is 10.0 Å². The van der Waals surface area contributed by atoms with Crippen molar-refractivity contribution in [1.82, 2.24) is 4.31 Å². The fourth-order valence-electron chi connectivity index (χ4n) is 1.31. The summed E-state index contributed by atoms with van der Waals surface area (Å²) in [6.07, 6.45) is 0.831. The summed E-state index contributed by atoms with van der Waals surface area (Å²) in [7, 11) is -3.09. The number of nitrogens with two attached hydrogens (primary N) is 1. The molecule has 0 atom stereocenters. The van der Waals surface area contributed by atoms with Crippen molar-refractivity contribution in [3.8, 4) is 0 Å². The fraction of sp³-hybridized carbons (Fsp3) is 1.00. The third kappa shape index (κ3) is 4.93. The average molecular weight is 222 g/mol. The maximum atomic E-state index is 11.8. The largest absolute Gasteiger partial charge is 0.329 e. The Bertz CT molecular complexity index is 231. The molecule has 0 unspecified atom stereocenters. The Morgan fingerprint density at radius 2 is 1.86 bits per heavy atom. The summed E-state index contributed by atoms with van der Waals surface area (Å²) in [4.78, 5) is 0. The number of nitrogens with zero attached hydrogens (tertiary/aromatic N) is 1. The molecule has 0 aliphatic carbocycles. The van der Waals surface area contributed by atoms with Crippen LogP contribution in [0.15, 0.2) is 0 Å². The SMILES string of the molecule is CCCN(CCN)S(=O)(=O)CC(C)C. The molecule has 0 saturated carbocycles. The summed E-state index contributed by atoms with van der Waals surface area (Å²) in [6, 6.07) is 0. The normalized spacial score (nSPS) is 12.7. The van der Waals surface area contributed by atoms with E-state index in [1.54, 1.807) is 0 Å². The maximum Gasteiger partial charge on any atom is 0.214 e. The van der Waals surface area contributed by atoms with Gasteiger partial charge in [0.05, 0.1) is 5.75 Å². The van der Waals surface area contributed by atoms with E-state index in [1.165, 1.54) is 4.31 Å². The first-order valence-corrected chi connectivity index (χ1v) is 6.72. The van der Waals surface area contributed by atoms with Gasteiger partial charge in [0, 0.05) is 19.6 Å². The van der Waals surface area contributed by atoms with Crippen molar-refractivity contribution in [2.24, 2.45) is 11.7 Å². The van der Waals surface area contributed by atoms with Gasteiger partial charge in [0.25, 0.3) is 0 Å². The van der Waals surface area contributed by atoms with Gasteiger partial charge in [-0.1, -0.05) is 20.8 Å².